The van der Waals surface area contributed by atoms with Gasteiger partial charge in [0.1, 0.15) is 5.75 Å². The molecule has 0 aromatic heterocycles. The maximum atomic E-state index is 12.5. The van der Waals surface area contributed by atoms with E-state index in [1.807, 2.05) is 86.6 Å². The molecule has 0 saturated heterocycles. The van der Waals surface area contributed by atoms with Crippen LogP contribution in [0.1, 0.15) is 21.5 Å². The van der Waals surface area contributed by atoms with Gasteiger partial charge in [-0.3, -0.25) is 4.79 Å². The molecule has 3 rings (SSSR count). The normalized spacial score (nSPS) is 10.2. The van der Waals surface area contributed by atoms with E-state index in [-0.39, 0.29) is 5.91 Å². The molecule has 3 heteroatoms. The largest absolute Gasteiger partial charge is 0.455 e. The summed E-state index contributed by atoms with van der Waals surface area (Å²) in [7, 11) is 0. The molecule has 0 spiro atoms. The summed E-state index contributed by atoms with van der Waals surface area (Å²) in [5.74, 6) is 1.21. The van der Waals surface area contributed by atoms with Crippen molar-refractivity contribution in [2.45, 2.75) is 13.8 Å². The lowest BCUT2D eigenvalue weighted by Crippen LogP contribution is -2.13. The average Bonchev–Trinajstić information content (AvgIpc) is 2.57. The number of hydrogen-bond acceptors (Lipinski definition) is 2. The van der Waals surface area contributed by atoms with Crippen molar-refractivity contribution >= 4 is 11.6 Å². The van der Waals surface area contributed by atoms with Crippen molar-refractivity contribution in [3.05, 3.63) is 89.5 Å². The number of carbonyl (C=O) groups is 1. The van der Waals surface area contributed by atoms with Gasteiger partial charge >= 0.3 is 0 Å². The minimum atomic E-state index is -0.145. The van der Waals surface area contributed by atoms with Gasteiger partial charge in [0.15, 0.2) is 5.75 Å². The summed E-state index contributed by atoms with van der Waals surface area (Å²) in [5.41, 5.74) is 3.36. The van der Waals surface area contributed by atoms with E-state index >= 15 is 0 Å². The number of anilines is 1. The van der Waals surface area contributed by atoms with Gasteiger partial charge in [-0.25, -0.2) is 0 Å². The van der Waals surface area contributed by atoms with Crippen LogP contribution in [0.3, 0.4) is 0 Å². The zero-order chi connectivity index (χ0) is 16.9. The average molecular weight is 317 g/mol. The molecular formula is C21H19NO2. The molecule has 0 aliphatic carbocycles. The number of para-hydroxylation sites is 2. The van der Waals surface area contributed by atoms with Crippen LogP contribution in [0.2, 0.25) is 0 Å². The first-order valence-corrected chi connectivity index (χ1v) is 7.84. The third kappa shape index (κ3) is 3.63. The van der Waals surface area contributed by atoms with E-state index in [4.69, 9.17) is 4.74 Å². The van der Waals surface area contributed by atoms with Gasteiger partial charge in [0.25, 0.3) is 5.91 Å². The minimum absolute atomic E-state index is 0.145. The van der Waals surface area contributed by atoms with Gasteiger partial charge in [-0.2, -0.15) is 0 Å². The highest BCUT2D eigenvalue weighted by molar-refractivity contribution is 6.06. The third-order valence-corrected chi connectivity index (χ3v) is 3.74. The number of hydrogen-bond donors (Lipinski definition) is 1. The van der Waals surface area contributed by atoms with Gasteiger partial charge in [-0.05, 0) is 55.3 Å². The minimum Gasteiger partial charge on any atom is -0.455 e. The van der Waals surface area contributed by atoms with Crippen molar-refractivity contribution in [2.75, 3.05) is 5.32 Å². The van der Waals surface area contributed by atoms with Crippen molar-refractivity contribution in [1.29, 1.82) is 0 Å². The summed E-state index contributed by atoms with van der Waals surface area (Å²) in [6.45, 7) is 3.93. The van der Waals surface area contributed by atoms with Gasteiger partial charge in [-0.1, -0.05) is 42.5 Å². The van der Waals surface area contributed by atoms with E-state index in [1.165, 1.54) is 0 Å². The molecule has 1 N–H and O–H groups in total. The highest BCUT2D eigenvalue weighted by Crippen LogP contribution is 2.30. The monoisotopic (exact) mass is 317 g/mol. The van der Waals surface area contributed by atoms with Crippen LogP contribution in [0.15, 0.2) is 72.8 Å². The second kappa shape index (κ2) is 7.01. The predicted octanol–water partition coefficient (Wildman–Crippen LogP) is 5.35. The van der Waals surface area contributed by atoms with Crippen molar-refractivity contribution in [1.82, 2.24) is 0 Å². The summed E-state index contributed by atoms with van der Waals surface area (Å²) in [6, 6.07) is 22.8. The molecule has 0 radical (unpaired) electrons. The number of ether oxygens (including phenoxy) is 1. The Morgan fingerprint density at radius 2 is 1.62 bits per heavy atom. The Hall–Kier alpha value is -3.07. The fraction of sp³-hybridized carbons (Fsp3) is 0.0952. The predicted molar refractivity (Wildman–Crippen MR) is 96.8 cm³/mol. The maximum Gasteiger partial charge on any atom is 0.256 e. The van der Waals surface area contributed by atoms with Crippen molar-refractivity contribution < 1.29 is 9.53 Å². The molecule has 3 nitrogen and oxygen atoms in total. The standard InChI is InChI=1S/C21H19NO2/c1-15-8-7-10-17(14-15)24-20-13-6-5-12-19(20)22-21(23)18-11-4-3-9-16(18)2/h3-14H,1-2H3,(H,22,23). The molecule has 0 fully saturated rings. The van der Waals surface area contributed by atoms with Crippen LogP contribution in [-0.4, -0.2) is 5.91 Å². The quantitative estimate of drug-likeness (QED) is 0.704. The van der Waals surface area contributed by atoms with Crippen LogP contribution in [0.25, 0.3) is 0 Å². The van der Waals surface area contributed by atoms with Gasteiger partial charge < -0.3 is 10.1 Å². The Labute approximate surface area is 141 Å². The fourth-order valence-corrected chi connectivity index (χ4v) is 2.48. The molecule has 0 bridgehead atoms. The fourth-order valence-electron chi connectivity index (χ4n) is 2.48. The number of rotatable bonds is 4. The first-order valence-electron chi connectivity index (χ1n) is 7.84. The molecule has 0 heterocycles. The van der Waals surface area contributed by atoms with Crippen LogP contribution < -0.4 is 10.1 Å². The lowest BCUT2D eigenvalue weighted by molar-refractivity contribution is 0.102. The third-order valence-electron chi connectivity index (χ3n) is 3.74. The highest BCUT2D eigenvalue weighted by Gasteiger charge is 2.12. The van der Waals surface area contributed by atoms with Crippen LogP contribution >= 0.6 is 0 Å². The summed E-state index contributed by atoms with van der Waals surface area (Å²) >= 11 is 0. The lowest BCUT2D eigenvalue weighted by atomic mass is 10.1. The van der Waals surface area contributed by atoms with Crippen molar-refractivity contribution in [3.63, 3.8) is 0 Å². The molecule has 0 aliphatic heterocycles. The molecule has 1 amide bonds. The Balaban J connectivity index is 1.84. The van der Waals surface area contributed by atoms with Crippen LogP contribution in [0, 0.1) is 13.8 Å². The second-order valence-corrected chi connectivity index (χ2v) is 5.68. The van der Waals surface area contributed by atoms with E-state index < -0.39 is 0 Å². The Morgan fingerprint density at radius 1 is 0.875 bits per heavy atom. The molecule has 3 aromatic carbocycles. The second-order valence-electron chi connectivity index (χ2n) is 5.68. The number of aryl methyl sites for hydroxylation is 2. The van der Waals surface area contributed by atoms with E-state index in [0.717, 1.165) is 16.9 Å². The zero-order valence-electron chi connectivity index (χ0n) is 13.7. The summed E-state index contributed by atoms with van der Waals surface area (Å²) < 4.78 is 5.94. The Kier molecular flexibility index (Phi) is 4.62. The molecule has 0 unspecified atom stereocenters. The molecule has 3 aromatic rings. The molecular weight excluding hydrogens is 298 g/mol. The lowest BCUT2D eigenvalue weighted by Gasteiger charge is -2.13. The first kappa shape index (κ1) is 15.8. The van der Waals surface area contributed by atoms with E-state index in [2.05, 4.69) is 5.32 Å². The number of nitrogens with one attached hydrogen (secondary N) is 1. The molecule has 0 atom stereocenters. The van der Waals surface area contributed by atoms with E-state index in [0.29, 0.717) is 17.0 Å². The van der Waals surface area contributed by atoms with Crippen molar-refractivity contribution in [2.24, 2.45) is 0 Å². The zero-order valence-corrected chi connectivity index (χ0v) is 13.7. The molecule has 120 valence electrons. The first-order chi connectivity index (χ1) is 11.6. The summed E-state index contributed by atoms with van der Waals surface area (Å²) in [5, 5.41) is 2.94. The van der Waals surface area contributed by atoms with Gasteiger partial charge in [0.2, 0.25) is 0 Å². The van der Waals surface area contributed by atoms with E-state index in [9.17, 15) is 4.79 Å². The SMILES string of the molecule is Cc1cccc(Oc2ccccc2NC(=O)c2ccccc2C)c1. The number of benzene rings is 3. The summed E-state index contributed by atoms with van der Waals surface area (Å²) in [4.78, 5) is 12.5. The smallest absolute Gasteiger partial charge is 0.256 e. The highest BCUT2D eigenvalue weighted by atomic mass is 16.5. The van der Waals surface area contributed by atoms with E-state index in [1.54, 1.807) is 0 Å². The maximum absolute atomic E-state index is 12.5. The summed E-state index contributed by atoms with van der Waals surface area (Å²) in [6.07, 6.45) is 0. The van der Waals surface area contributed by atoms with Crippen molar-refractivity contribution in [3.8, 4) is 11.5 Å². The van der Waals surface area contributed by atoms with Gasteiger partial charge in [-0.15, -0.1) is 0 Å². The molecule has 0 saturated carbocycles. The molecule has 0 aliphatic rings. The number of amides is 1. The van der Waals surface area contributed by atoms with Crippen LogP contribution in [0.4, 0.5) is 5.69 Å². The Morgan fingerprint density at radius 3 is 2.42 bits per heavy atom. The van der Waals surface area contributed by atoms with Crippen LogP contribution in [-0.2, 0) is 0 Å². The van der Waals surface area contributed by atoms with Gasteiger partial charge in [0, 0.05) is 5.56 Å². The van der Waals surface area contributed by atoms with Crippen LogP contribution in [0.5, 0.6) is 11.5 Å². The van der Waals surface area contributed by atoms with Gasteiger partial charge in [0.05, 0.1) is 5.69 Å². The number of carbonyl (C=O) groups excluding carboxylic acids is 1. The topological polar surface area (TPSA) is 38.3 Å². The Bertz CT molecular complexity index is 871. The molecule has 24 heavy (non-hydrogen) atoms.